The number of amides is 3. The summed E-state index contributed by atoms with van der Waals surface area (Å²) in [6, 6.07) is 7.27. The van der Waals surface area contributed by atoms with E-state index in [9.17, 15) is 19.2 Å². The number of hydrogen-bond acceptors (Lipinski definition) is 6. The normalized spacial score (nSPS) is 12.8. The molecule has 0 spiro atoms. The fourth-order valence-electron chi connectivity index (χ4n) is 3.36. The van der Waals surface area contributed by atoms with Crippen LogP contribution in [0.5, 0.6) is 0 Å². The van der Waals surface area contributed by atoms with Gasteiger partial charge in [-0.05, 0) is 44.7 Å². The van der Waals surface area contributed by atoms with E-state index in [1.165, 1.54) is 0 Å². The molecule has 0 saturated carbocycles. The van der Waals surface area contributed by atoms with E-state index >= 15 is 0 Å². The van der Waals surface area contributed by atoms with Gasteiger partial charge in [-0.3, -0.25) is 19.8 Å². The number of aromatic amines is 1. The molecule has 0 radical (unpaired) electrons. The van der Waals surface area contributed by atoms with E-state index in [0.29, 0.717) is 11.9 Å². The zero-order chi connectivity index (χ0) is 25.7. The van der Waals surface area contributed by atoms with Crippen molar-refractivity contribution in [2.45, 2.75) is 66.4 Å². The van der Waals surface area contributed by atoms with Crippen LogP contribution in [0.2, 0.25) is 0 Å². The van der Waals surface area contributed by atoms with Crippen molar-refractivity contribution < 1.29 is 23.9 Å². The van der Waals surface area contributed by atoms with Crippen LogP contribution in [0.25, 0.3) is 11.0 Å². The van der Waals surface area contributed by atoms with Gasteiger partial charge in [0.25, 0.3) is 0 Å². The number of nitrogens with two attached hydrogens (primary N) is 1. The third-order valence-electron chi connectivity index (χ3n) is 4.76. The molecule has 2 aromatic rings. The fourth-order valence-corrected chi connectivity index (χ4v) is 3.36. The number of hydrogen-bond donors (Lipinski definition) is 3. The van der Waals surface area contributed by atoms with Crippen molar-refractivity contribution in [3.05, 3.63) is 30.1 Å². The Balaban J connectivity index is 2.22. The van der Waals surface area contributed by atoms with Crippen LogP contribution in [0, 0.1) is 11.3 Å². The third kappa shape index (κ3) is 8.49. The average Bonchev–Trinajstić information content (AvgIpc) is 3.12. The maximum absolute atomic E-state index is 13.2. The van der Waals surface area contributed by atoms with Crippen molar-refractivity contribution in [3.63, 3.8) is 0 Å². The van der Waals surface area contributed by atoms with Gasteiger partial charge in [0, 0.05) is 18.8 Å². The lowest BCUT2D eigenvalue weighted by Gasteiger charge is -2.30. The van der Waals surface area contributed by atoms with Crippen molar-refractivity contribution in [1.82, 2.24) is 20.4 Å². The third-order valence-corrected chi connectivity index (χ3v) is 4.76. The molecule has 0 saturated heterocycles. The molecule has 0 bridgehead atoms. The predicted molar refractivity (Wildman–Crippen MR) is 127 cm³/mol. The Morgan fingerprint density at radius 2 is 1.76 bits per heavy atom. The van der Waals surface area contributed by atoms with Crippen LogP contribution in [0.1, 0.15) is 71.4 Å². The molecule has 0 aliphatic carbocycles. The van der Waals surface area contributed by atoms with Crippen LogP contribution in [0.15, 0.2) is 24.3 Å². The number of ether oxygens (including phenoxy) is 1. The molecule has 186 valence electrons. The zero-order valence-corrected chi connectivity index (χ0v) is 20.7. The number of carbonyl (C=O) groups excluding carboxylic acids is 4. The van der Waals surface area contributed by atoms with E-state index in [2.05, 4.69) is 15.4 Å². The first kappa shape index (κ1) is 26.8. The van der Waals surface area contributed by atoms with Crippen molar-refractivity contribution >= 4 is 34.7 Å². The average molecular weight is 474 g/mol. The molecule has 2 rings (SSSR count). The predicted octanol–water partition coefficient (Wildman–Crippen LogP) is 3.33. The molecule has 1 aromatic carbocycles. The number of nitrogens with one attached hydrogen (secondary N) is 2. The molecular weight excluding hydrogens is 438 g/mol. The second-order valence-corrected chi connectivity index (χ2v) is 10.5. The van der Waals surface area contributed by atoms with E-state index < -0.39 is 29.4 Å². The Bertz CT molecular complexity index is 1010. The second-order valence-electron chi connectivity index (χ2n) is 10.5. The molecule has 1 heterocycles. The van der Waals surface area contributed by atoms with Crippen molar-refractivity contribution in [2.75, 3.05) is 6.54 Å². The quantitative estimate of drug-likeness (QED) is 0.396. The highest BCUT2D eigenvalue weighted by molar-refractivity contribution is 5.98. The first-order valence-corrected chi connectivity index (χ1v) is 11.2. The number of rotatable bonds is 8. The first-order valence-electron chi connectivity index (χ1n) is 11.2. The highest BCUT2D eigenvalue weighted by Gasteiger charge is 2.31. The van der Waals surface area contributed by atoms with E-state index in [4.69, 9.17) is 10.5 Å². The molecule has 1 aromatic heterocycles. The van der Waals surface area contributed by atoms with Gasteiger partial charge in [0.15, 0.2) is 11.6 Å². The van der Waals surface area contributed by atoms with Gasteiger partial charge in [-0.15, -0.1) is 0 Å². The number of aromatic nitrogens is 2. The number of nitrogens with zero attached hydrogens (tertiary/aromatic N) is 2. The number of fused-ring (bicyclic) bond motifs is 1. The number of primary amides is 1. The van der Waals surface area contributed by atoms with Crippen molar-refractivity contribution in [1.29, 1.82) is 0 Å². The van der Waals surface area contributed by atoms with Gasteiger partial charge in [-0.2, -0.15) is 0 Å². The van der Waals surface area contributed by atoms with Crippen LogP contribution in [-0.4, -0.2) is 50.8 Å². The largest absolute Gasteiger partial charge is 0.442 e. The smallest absolute Gasteiger partial charge is 0.429 e. The van der Waals surface area contributed by atoms with Crippen LogP contribution in [-0.2, 0) is 14.3 Å². The van der Waals surface area contributed by atoms with Crippen LogP contribution in [0.3, 0.4) is 0 Å². The highest BCUT2D eigenvalue weighted by Crippen LogP contribution is 2.28. The summed E-state index contributed by atoms with van der Waals surface area (Å²) in [5.41, 5.74) is 8.05. The van der Waals surface area contributed by atoms with Gasteiger partial charge < -0.3 is 15.5 Å². The van der Waals surface area contributed by atoms with E-state index in [1.54, 1.807) is 26.8 Å². The minimum Gasteiger partial charge on any atom is -0.442 e. The maximum Gasteiger partial charge on any atom is 0.429 e. The number of Topliss-reactive ketones (excluding diaryl/α,β-unsaturated/α-hetero) is 1. The Hall–Kier alpha value is -3.43. The number of para-hydroxylation sites is 2. The van der Waals surface area contributed by atoms with Crippen molar-refractivity contribution in [3.8, 4) is 0 Å². The molecule has 34 heavy (non-hydrogen) atoms. The lowest BCUT2D eigenvalue weighted by molar-refractivity contribution is -0.131. The monoisotopic (exact) mass is 473 g/mol. The molecule has 0 aliphatic rings. The molecule has 0 unspecified atom stereocenters. The van der Waals surface area contributed by atoms with Gasteiger partial charge in [0.1, 0.15) is 5.60 Å². The number of imidazole rings is 1. The summed E-state index contributed by atoms with van der Waals surface area (Å²) in [6.07, 6.45) is -0.717. The minimum absolute atomic E-state index is 0.110. The molecular formula is C24H35N5O5. The minimum atomic E-state index is -0.819. The molecule has 3 amide bonds. The zero-order valence-electron chi connectivity index (χ0n) is 20.7. The summed E-state index contributed by atoms with van der Waals surface area (Å²) in [6.45, 7) is 10.8. The van der Waals surface area contributed by atoms with Gasteiger partial charge in [-0.25, -0.2) is 14.8 Å². The van der Waals surface area contributed by atoms with Gasteiger partial charge in [-0.1, -0.05) is 32.9 Å². The van der Waals surface area contributed by atoms with Gasteiger partial charge >= 0.3 is 6.09 Å². The van der Waals surface area contributed by atoms with Gasteiger partial charge in [0.05, 0.1) is 17.6 Å². The van der Waals surface area contributed by atoms with Crippen LogP contribution >= 0.6 is 0 Å². The van der Waals surface area contributed by atoms with Crippen LogP contribution < -0.4 is 11.2 Å². The number of hydrazine groups is 1. The first-order chi connectivity index (χ1) is 15.6. The fraction of sp³-hybridized carbons (Fsp3) is 0.542. The Morgan fingerprint density at radius 1 is 1.12 bits per heavy atom. The standard InChI is InChI=1S/C24H35N5O5/c1-23(2,3)14-15(13-18(30)20-26-16-9-7-8-10-17(16)27-20)21(32)28-29(12-11-19(25)31)22(33)34-24(4,5)6/h7-10,15H,11-14H2,1-6H3,(H2,25,31)(H,26,27)(H,28,32)/t15-/m0/s1. The highest BCUT2D eigenvalue weighted by atomic mass is 16.6. The van der Waals surface area contributed by atoms with E-state index in [0.717, 1.165) is 10.5 Å². The van der Waals surface area contributed by atoms with E-state index in [-0.39, 0.29) is 36.4 Å². The van der Waals surface area contributed by atoms with E-state index in [1.807, 2.05) is 39.0 Å². The van der Waals surface area contributed by atoms with Gasteiger partial charge in [0.2, 0.25) is 11.8 Å². The molecule has 0 fully saturated rings. The number of carbonyl (C=O) groups is 4. The topological polar surface area (TPSA) is 147 Å². The molecule has 10 heteroatoms. The summed E-state index contributed by atoms with van der Waals surface area (Å²) in [5.74, 6) is -2.06. The van der Waals surface area contributed by atoms with Crippen molar-refractivity contribution in [2.24, 2.45) is 17.1 Å². The number of H-pyrrole nitrogens is 1. The second kappa shape index (κ2) is 10.7. The number of benzene rings is 1. The number of ketones is 1. The summed E-state index contributed by atoms with van der Waals surface area (Å²) in [7, 11) is 0. The Morgan fingerprint density at radius 3 is 2.32 bits per heavy atom. The summed E-state index contributed by atoms with van der Waals surface area (Å²) < 4.78 is 5.34. The SMILES string of the molecule is CC(C)(C)C[C@H](CC(=O)c1nc2ccccc2[nH]1)C(=O)NN(CCC(N)=O)C(=O)OC(C)(C)C. The van der Waals surface area contributed by atoms with Crippen LogP contribution in [0.4, 0.5) is 4.79 Å². The Labute approximate surface area is 199 Å². The summed E-state index contributed by atoms with van der Waals surface area (Å²) in [5, 5.41) is 0.930. The molecule has 4 N–H and O–H groups in total. The summed E-state index contributed by atoms with van der Waals surface area (Å²) in [4.78, 5) is 57.4. The maximum atomic E-state index is 13.2. The lowest BCUT2D eigenvalue weighted by atomic mass is 9.82. The Kier molecular flexibility index (Phi) is 8.41. The molecule has 10 nitrogen and oxygen atoms in total. The molecule has 1 atom stereocenters. The lowest BCUT2D eigenvalue weighted by Crippen LogP contribution is -2.51. The summed E-state index contributed by atoms with van der Waals surface area (Å²) >= 11 is 0. The molecule has 0 aliphatic heterocycles.